The van der Waals surface area contributed by atoms with Crippen LogP contribution in [0.1, 0.15) is 18.9 Å². The van der Waals surface area contributed by atoms with Crippen LogP contribution in [0.3, 0.4) is 0 Å². The Morgan fingerprint density at radius 2 is 2.50 bits per heavy atom. The predicted molar refractivity (Wildman–Crippen MR) is 58.7 cm³/mol. The molecule has 0 fully saturated rings. The van der Waals surface area contributed by atoms with Crippen LogP contribution in [0, 0.1) is 5.92 Å². The number of hydrogen-bond donors (Lipinski definition) is 0. The summed E-state index contributed by atoms with van der Waals surface area (Å²) in [6.45, 7) is 4.39. The maximum Gasteiger partial charge on any atom is 0.115 e. The normalized spacial score (nSPS) is 12.5. The second-order valence-electron chi connectivity index (χ2n) is 2.88. The fraction of sp³-hybridized carbons (Fsp3) is 0.444. The number of aromatic nitrogens is 1. The Bertz CT molecular complexity index is 252. The standard InChI is InChI=1S/C9H12BrNS/c1-7(2)8(6-10)5-9-11-3-4-12-9/h3-5,7H,6H2,1-2H3/b8-5+. The Morgan fingerprint density at radius 3 is 2.92 bits per heavy atom. The minimum Gasteiger partial charge on any atom is -0.245 e. The summed E-state index contributed by atoms with van der Waals surface area (Å²) >= 11 is 5.15. The Morgan fingerprint density at radius 1 is 1.75 bits per heavy atom. The third kappa shape index (κ3) is 2.72. The van der Waals surface area contributed by atoms with Crippen LogP contribution in [0.15, 0.2) is 17.2 Å². The molecule has 0 aliphatic carbocycles. The second-order valence-corrected chi connectivity index (χ2v) is 4.36. The van der Waals surface area contributed by atoms with Crippen LogP contribution < -0.4 is 0 Å². The van der Waals surface area contributed by atoms with Crippen molar-refractivity contribution >= 4 is 33.3 Å². The third-order valence-corrected chi connectivity index (χ3v) is 3.03. The molecule has 0 spiro atoms. The highest BCUT2D eigenvalue weighted by atomic mass is 79.9. The van der Waals surface area contributed by atoms with Gasteiger partial charge in [-0.1, -0.05) is 35.4 Å². The smallest absolute Gasteiger partial charge is 0.115 e. The lowest BCUT2D eigenvalue weighted by atomic mass is 10.1. The molecule has 1 aromatic rings. The van der Waals surface area contributed by atoms with Crippen LogP contribution in [0.5, 0.6) is 0 Å². The van der Waals surface area contributed by atoms with Crippen molar-refractivity contribution in [3.8, 4) is 0 Å². The molecule has 0 aromatic carbocycles. The van der Waals surface area contributed by atoms with E-state index in [1.807, 2.05) is 11.6 Å². The van der Waals surface area contributed by atoms with Gasteiger partial charge in [-0.3, -0.25) is 0 Å². The highest BCUT2D eigenvalue weighted by molar-refractivity contribution is 9.09. The Labute approximate surface area is 85.7 Å². The molecule has 0 unspecified atom stereocenters. The quantitative estimate of drug-likeness (QED) is 0.743. The molecule has 0 atom stereocenters. The summed E-state index contributed by atoms with van der Waals surface area (Å²) in [7, 11) is 0. The first-order chi connectivity index (χ1) is 5.74. The van der Waals surface area contributed by atoms with Crippen molar-refractivity contribution < 1.29 is 0 Å². The highest BCUT2D eigenvalue weighted by Gasteiger charge is 2.01. The van der Waals surface area contributed by atoms with Gasteiger partial charge in [-0.25, -0.2) is 4.98 Å². The van der Waals surface area contributed by atoms with Crippen molar-refractivity contribution in [2.24, 2.45) is 5.92 Å². The molecule has 0 bridgehead atoms. The minimum absolute atomic E-state index is 0.591. The van der Waals surface area contributed by atoms with E-state index in [9.17, 15) is 0 Å². The fourth-order valence-electron chi connectivity index (χ4n) is 0.824. The summed E-state index contributed by atoms with van der Waals surface area (Å²) in [6, 6.07) is 0. The van der Waals surface area contributed by atoms with Gasteiger partial charge < -0.3 is 0 Å². The maximum atomic E-state index is 4.21. The van der Waals surface area contributed by atoms with E-state index in [1.165, 1.54) is 5.57 Å². The Kier molecular flexibility index (Phi) is 3.95. The molecule has 0 saturated carbocycles. The summed E-state index contributed by atoms with van der Waals surface area (Å²) in [5.41, 5.74) is 1.39. The van der Waals surface area contributed by atoms with Crippen LogP contribution in [-0.4, -0.2) is 10.3 Å². The molecule has 0 aliphatic rings. The lowest BCUT2D eigenvalue weighted by Crippen LogP contribution is -1.94. The molecule has 1 nitrogen and oxygen atoms in total. The summed E-state index contributed by atoms with van der Waals surface area (Å²) in [5, 5.41) is 4.03. The number of hydrogen-bond acceptors (Lipinski definition) is 2. The van der Waals surface area contributed by atoms with E-state index >= 15 is 0 Å². The summed E-state index contributed by atoms with van der Waals surface area (Å²) in [6.07, 6.45) is 3.99. The van der Waals surface area contributed by atoms with Crippen LogP contribution >= 0.6 is 27.3 Å². The van der Waals surface area contributed by atoms with E-state index in [2.05, 4.69) is 40.8 Å². The van der Waals surface area contributed by atoms with Crippen LogP contribution in [-0.2, 0) is 0 Å². The van der Waals surface area contributed by atoms with Gasteiger partial charge in [0.05, 0.1) is 0 Å². The number of allylic oxidation sites excluding steroid dienone is 1. The largest absolute Gasteiger partial charge is 0.245 e. The lowest BCUT2D eigenvalue weighted by molar-refractivity contribution is 0.780. The van der Waals surface area contributed by atoms with E-state index in [0.717, 1.165) is 10.3 Å². The van der Waals surface area contributed by atoms with E-state index in [1.54, 1.807) is 11.3 Å². The van der Waals surface area contributed by atoms with Crippen molar-refractivity contribution in [2.45, 2.75) is 13.8 Å². The van der Waals surface area contributed by atoms with Crippen molar-refractivity contribution in [3.05, 3.63) is 22.2 Å². The Hall–Kier alpha value is -0.150. The van der Waals surface area contributed by atoms with E-state index in [-0.39, 0.29) is 0 Å². The van der Waals surface area contributed by atoms with Gasteiger partial charge in [0, 0.05) is 16.9 Å². The van der Waals surface area contributed by atoms with Gasteiger partial charge in [0.15, 0.2) is 0 Å². The van der Waals surface area contributed by atoms with Gasteiger partial charge in [-0.2, -0.15) is 0 Å². The van der Waals surface area contributed by atoms with Crippen LogP contribution in [0.4, 0.5) is 0 Å². The topological polar surface area (TPSA) is 12.9 Å². The zero-order valence-electron chi connectivity index (χ0n) is 7.25. The van der Waals surface area contributed by atoms with E-state index in [0.29, 0.717) is 5.92 Å². The van der Waals surface area contributed by atoms with Gasteiger partial charge in [-0.15, -0.1) is 11.3 Å². The zero-order chi connectivity index (χ0) is 8.97. The maximum absolute atomic E-state index is 4.21. The summed E-state index contributed by atoms with van der Waals surface area (Å²) in [4.78, 5) is 4.21. The molecule has 0 N–H and O–H groups in total. The first kappa shape index (κ1) is 9.93. The molecule has 0 aliphatic heterocycles. The van der Waals surface area contributed by atoms with Gasteiger partial charge in [0.2, 0.25) is 0 Å². The summed E-state index contributed by atoms with van der Waals surface area (Å²) in [5.74, 6) is 0.591. The molecule has 3 heteroatoms. The minimum atomic E-state index is 0.591. The average Bonchev–Trinajstić information content (AvgIpc) is 2.51. The molecular weight excluding hydrogens is 234 g/mol. The number of halogens is 1. The lowest BCUT2D eigenvalue weighted by Gasteiger charge is -2.05. The summed E-state index contributed by atoms with van der Waals surface area (Å²) < 4.78 is 0. The molecular formula is C9H12BrNS. The average molecular weight is 246 g/mol. The third-order valence-electron chi connectivity index (χ3n) is 1.66. The van der Waals surface area contributed by atoms with Crippen molar-refractivity contribution in [1.29, 1.82) is 0 Å². The molecule has 1 heterocycles. The van der Waals surface area contributed by atoms with E-state index < -0.39 is 0 Å². The SMILES string of the molecule is CC(C)/C(=C/c1nccs1)CBr. The first-order valence-electron chi connectivity index (χ1n) is 3.90. The number of nitrogens with zero attached hydrogens (tertiary/aromatic N) is 1. The number of alkyl halides is 1. The van der Waals surface area contributed by atoms with Crippen LogP contribution in [0.2, 0.25) is 0 Å². The predicted octanol–water partition coefficient (Wildman–Crippen LogP) is 3.58. The highest BCUT2D eigenvalue weighted by Crippen LogP contribution is 2.17. The van der Waals surface area contributed by atoms with Gasteiger partial charge in [-0.05, 0) is 12.0 Å². The molecule has 66 valence electrons. The van der Waals surface area contributed by atoms with Gasteiger partial charge in [0.25, 0.3) is 0 Å². The second kappa shape index (κ2) is 4.77. The Balaban J connectivity index is 2.78. The number of rotatable bonds is 3. The first-order valence-corrected chi connectivity index (χ1v) is 5.90. The molecule has 0 amide bonds. The monoisotopic (exact) mass is 245 g/mol. The zero-order valence-corrected chi connectivity index (χ0v) is 9.65. The van der Waals surface area contributed by atoms with E-state index in [4.69, 9.17) is 0 Å². The molecule has 12 heavy (non-hydrogen) atoms. The van der Waals surface area contributed by atoms with Crippen molar-refractivity contribution in [1.82, 2.24) is 4.98 Å². The molecule has 1 rings (SSSR count). The fourth-order valence-corrected chi connectivity index (χ4v) is 2.24. The molecule has 0 radical (unpaired) electrons. The molecule has 0 saturated heterocycles. The van der Waals surface area contributed by atoms with Gasteiger partial charge in [0.1, 0.15) is 5.01 Å². The number of thiazole rings is 1. The van der Waals surface area contributed by atoms with Crippen molar-refractivity contribution in [2.75, 3.05) is 5.33 Å². The molecule has 1 aromatic heterocycles. The van der Waals surface area contributed by atoms with Crippen molar-refractivity contribution in [3.63, 3.8) is 0 Å². The van der Waals surface area contributed by atoms with Gasteiger partial charge >= 0.3 is 0 Å². The van der Waals surface area contributed by atoms with Crippen LogP contribution in [0.25, 0.3) is 6.08 Å².